The molecule has 4 nitrogen and oxygen atoms in total. The highest BCUT2D eigenvalue weighted by atomic mass is 35.5. The Morgan fingerprint density at radius 2 is 2.05 bits per heavy atom. The average Bonchev–Trinajstić information content (AvgIpc) is 2.97. The Balaban J connectivity index is 0.00000176. The Morgan fingerprint density at radius 3 is 2.82 bits per heavy atom. The molecule has 1 heterocycles. The first-order chi connectivity index (χ1) is 10.3. The fraction of sp³-hybridized carbons (Fsp3) is 0.588. The van der Waals surface area contributed by atoms with Crippen molar-refractivity contribution in [3.05, 3.63) is 35.4 Å². The Morgan fingerprint density at radius 1 is 1.32 bits per heavy atom. The number of hydrogen-bond donors (Lipinski definition) is 0. The number of hydrogen-bond acceptors (Lipinski definition) is 3. The first-order valence-electron chi connectivity index (χ1n) is 7.89. The molecule has 5 heteroatoms. The van der Waals surface area contributed by atoms with Gasteiger partial charge in [-0.05, 0) is 24.0 Å². The number of nitrogens with zero attached hydrogens (tertiary/aromatic N) is 2. The summed E-state index contributed by atoms with van der Waals surface area (Å²) in [6.45, 7) is 4.33. The number of ether oxygens (including phenoxy) is 1. The lowest BCUT2D eigenvalue weighted by atomic mass is 10.1. The van der Waals surface area contributed by atoms with E-state index in [1.54, 1.807) is 0 Å². The van der Waals surface area contributed by atoms with Gasteiger partial charge in [0.1, 0.15) is 0 Å². The van der Waals surface area contributed by atoms with Crippen LogP contribution < -0.4 is 0 Å². The van der Waals surface area contributed by atoms with Gasteiger partial charge < -0.3 is 9.64 Å². The van der Waals surface area contributed by atoms with Crippen LogP contribution in [0.25, 0.3) is 0 Å². The Hall–Kier alpha value is -1.10. The van der Waals surface area contributed by atoms with Crippen molar-refractivity contribution in [3.63, 3.8) is 0 Å². The van der Waals surface area contributed by atoms with E-state index in [0.717, 1.165) is 45.7 Å². The summed E-state index contributed by atoms with van der Waals surface area (Å²) in [5.41, 5.74) is 2.73. The molecular formula is C17H25ClN2O2. The predicted molar refractivity (Wildman–Crippen MR) is 89.4 cm³/mol. The normalized spacial score (nSPS) is 21.0. The van der Waals surface area contributed by atoms with Crippen molar-refractivity contribution in [1.82, 2.24) is 9.80 Å². The van der Waals surface area contributed by atoms with E-state index >= 15 is 0 Å². The third kappa shape index (κ3) is 3.80. The van der Waals surface area contributed by atoms with E-state index < -0.39 is 0 Å². The average molecular weight is 325 g/mol. The van der Waals surface area contributed by atoms with Crippen LogP contribution in [0.15, 0.2) is 24.3 Å². The van der Waals surface area contributed by atoms with E-state index in [0.29, 0.717) is 6.42 Å². The molecule has 1 aromatic carbocycles. The van der Waals surface area contributed by atoms with Crippen LogP contribution in [-0.4, -0.2) is 55.6 Å². The number of fused-ring (bicyclic) bond motifs is 1. The van der Waals surface area contributed by atoms with Crippen molar-refractivity contribution in [1.29, 1.82) is 0 Å². The van der Waals surface area contributed by atoms with Crippen LogP contribution in [0.5, 0.6) is 0 Å². The Labute approximate surface area is 138 Å². The molecule has 0 radical (unpaired) electrons. The first kappa shape index (κ1) is 17.3. The standard InChI is InChI=1S/C17H24N2O2.ClH/c1-18(16-7-6-14-4-2-3-5-15(14)16)17(20)8-9-19-10-12-21-13-11-19;/h2-5,16H,6-13H2,1H3;1H. The zero-order valence-electron chi connectivity index (χ0n) is 13.2. The monoisotopic (exact) mass is 324 g/mol. The second-order valence-electron chi connectivity index (χ2n) is 5.96. The van der Waals surface area contributed by atoms with Gasteiger partial charge in [-0.25, -0.2) is 0 Å². The minimum absolute atomic E-state index is 0. The zero-order valence-corrected chi connectivity index (χ0v) is 14.0. The number of aryl methyl sites for hydroxylation is 1. The molecule has 0 N–H and O–H groups in total. The number of morpholine rings is 1. The van der Waals surface area contributed by atoms with Crippen LogP contribution in [0.1, 0.15) is 30.0 Å². The first-order valence-corrected chi connectivity index (χ1v) is 7.89. The third-order valence-corrected chi connectivity index (χ3v) is 4.71. The Kier molecular flexibility index (Phi) is 6.24. The SMILES string of the molecule is CN(C(=O)CCN1CCOCC1)C1CCc2ccccc21.Cl. The maximum absolute atomic E-state index is 12.5. The highest BCUT2D eigenvalue weighted by Gasteiger charge is 2.28. The summed E-state index contributed by atoms with van der Waals surface area (Å²) in [5, 5.41) is 0. The molecule has 0 saturated carbocycles. The quantitative estimate of drug-likeness (QED) is 0.852. The molecule has 22 heavy (non-hydrogen) atoms. The van der Waals surface area contributed by atoms with E-state index in [1.165, 1.54) is 11.1 Å². The summed E-state index contributed by atoms with van der Waals surface area (Å²) in [6, 6.07) is 8.77. The molecule has 1 atom stereocenters. The molecule has 0 bridgehead atoms. The van der Waals surface area contributed by atoms with Gasteiger partial charge in [0.15, 0.2) is 0 Å². The van der Waals surface area contributed by atoms with E-state index in [9.17, 15) is 4.79 Å². The largest absolute Gasteiger partial charge is 0.379 e. The predicted octanol–water partition coefficient (Wildman–Crippen LogP) is 2.28. The number of halogens is 1. The molecule has 1 aliphatic heterocycles. The van der Waals surface area contributed by atoms with Crippen molar-refractivity contribution >= 4 is 18.3 Å². The van der Waals surface area contributed by atoms with Gasteiger partial charge in [0.05, 0.1) is 19.3 Å². The lowest BCUT2D eigenvalue weighted by Crippen LogP contribution is -2.39. The molecule has 1 fully saturated rings. The third-order valence-electron chi connectivity index (χ3n) is 4.71. The molecule has 1 amide bonds. The van der Waals surface area contributed by atoms with E-state index in [1.807, 2.05) is 11.9 Å². The lowest BCUT2D eigenvalue weighted by molar-refractivity contribution is -0.132. The van der Waals surface area contributed by atoms with Gasteiger partial charge in [0.2, 0.25) is 5.91 Å². The van der Waals surface area contributed by atoms with Crippen LogP contribution in [-0.2, 0) is 16.0 Å². The highest BCUT2D eigenvalue weighted by molar-refractivity contribution is 5.85. The van der Waals surface area contributed by atoms with Gasteiger partial charge in [-0.3, -0.25) is 9.69 Å². The molecule has 1 saturated heterocycles. The number of rotatable bonds is 4. The second-order valence-corrected chi connectivity index (χ2v) is 5.96. The summed E-state index contributed by atoms with van der Waals surface area (Å²) in [4.78, 5) is 16.7. The van der Waals surface area contributed by atoms with Crippen LogP contribution in [0.4, 0.5) is 0 Å². The summed E-state index contributed by atoms with van der Waals surface area (Å²) < 4.78 is 5.34. The summed E-state index contributed by atoms with van der Waals surface area (Å²) >= 11 is 0. The van der Waals surface area contributed by atoms with Crippen molar-refractivity contribution in [3.8, 4) is 0 Å². The molecule has 1 aromatic rings. The molecule has 2 aliphatic rings. The van der Waals surface area contributed by atoms with Gasteiger partial charge in [-0.2, -0.15) is 0 Å². The lowest BCUT2D eigenvalue weighted by Gasteiger charge is -2.29. The van der Waals surface area contributed by atoms with Crippen LogP contribution in [0.3, 0.4) is 0 Å². The summed E-state index contributed by atoms with van der Waals surface area (Å²) in [5.74, 6) is 0.253. The molecule has 3 rings (SSSR count). The molecule has 0 spiro atoms. The fourth-order valence-electron chi connectivity index (χ4n) is 3.37. The molecular weight excluding hydrogens is 300 g/mol. The molecule has 0 aromatic heterocycles. The summed E-state index contributed by atoms with van der Waals surface area (Å²) in [7, 11) is 1.95. The van der Waals surface area contributed by atoms with Gasteiger partial charge in [0.25, 0.3) is 0 Å². The van der Waals surface area contributed by atoms with Gasteiger partial charge in [-0.15, -0.1) is 12.4 Å². The zero-order chi connectivity index (χ0) is 14.7. The second kappa shape index (κ2) is 7.95. The highest BCUT2D eigenvalue weighted by Crippen LogP contribution is 2.34. The van der Waals surface area contributed by atoms with Crippen molar-refractivity contribution < 1.29 is 9.53 Å². The van der Waals surface area contributed by atoms with Crippen LogP contribution in [0, 0.1) is 0 Å². The van der Waals surface area contributed by atoms with Crippen molar-refractivity contribution in [2.45, 2.75) is 25.3 Å². The van der Waals surface area contributed by atoms with Gasteiger partial charge >= 0.3 is 0 Å². The Bertz CT molecular complexity index is 503. The van der Waals surface area contributed by atoms with Gasteiger partial charge in [-0.1, -0.05) is 24.3 Å². The van der Waals surface area contributed by atoms with Crippen LogP contribution >= 0.6 is 12.4 Å². The molecule has 1 aliphatic carbocycles. The van der Waals surface area contributed by atoms with Crippen molar-refractivity contribution in [2.24, 2.45) is 0 Å². The number of amides is 1. The van der Waals surface area contributed by atoms with Crippen LogP contribution in [0.2, 0.25) is 0 Å². The van der Waals surface area contributed by atoms with Gasteiger partial charge in [0, 0.05) is 33.1 Å². The summed E-state index contributed by atoms with van der Waals surface area (Å²) in [6.07, 6.45) is 2.75. The van der Waals surface area contributed by atoms with E-state index in [2.05, 4.69) is 29.2 Å². The molecule has 1 unspecified atom stereocenters. The maximum atomic E-state index is 12.5. The maximum Gasteiger partial charge on any atom is 0.224 e. The molecule has 122 valence electrons. The minimum Gasteiger partial charge on any atom is -0.379 e. The van der Waals surface area contributed by atoms with E-state index in [-0.39, 0.29) is 24.4 Å². The number of carbonyl (C=O) groups excluding carboxylic acids is 1. The van der Waals surface area contributed by atoms with E-state index in [4.69, 9.17) is 4.74 Å². The smallest absolute Gasteiger partial charge is 0.224 e. The topological polar surface area (TPSA) is 32.8 Å². The number of benzene rings is 1. The number of carbonyl (C=O) groups is 1. The minimum atomic E-state index is 0. The fourth-order valence-corrected chi connectivity index (χ4v) is 3.37. The van der Waals surface area contributed by atoms with Crippen molar-refractivity contribution in [2.75, 3.05) is 39.9 Å².